The Kier molecular flexibility index (Phi) is 5.62. The van der Waals surface area contributed by atoms with E-state index in [1.807, 2.05) is 0 Å². The lowest BCUT2D eigenvalue weighted by Gasteiger charge is -2.35. The molecule has 2 nitrogen and oxygen atoms in total. The zero-order valence-corrected chi connectivity index (χ0v) is 13.5. The minimum atomic E-state index is 0.686. The molecule has 1 N–H and O–H groups in total. The Morgan fingerprint density at radius 1 is 1.10 bits per heavy atom. The number of nitrogens with one attached hydrogen (secondary N) is 1. The van der Waals surface area contributed by atoms with Crippen LogP contribution < -0.4 is 5.32 Å². The quantitative estimate of drug-likeness (QED) is 0.881. The van der Waals surface area contributed by atoms with Gasteiger partial charge < -0.3 is 10.2 Å². The summed E-state index contributed by atoms with van der Waals surface area (Å²) in [6.45, 7) is 6.84. The SMILES string of the molecule is CC1CCCC(NCc2ccccc2CN(C)C)C1C. The first-order chi connectivity index (χ1) is 9.58. The topological polar surface area (TPSA) is 15.3 Å². The van der Waals surface area contributed by atoms with Crippen molar-refractivity contribution in [1.82, 2.24) is 10.2 Å². The van der Waals surface area contributed by atoms with Crippen molar-refractivity contribution in [2.75, 3.05) is 14.1 Å². The van der Waals surface area contributed by atoms with Crippen LogP contribution in [-0.2, 0) is 13.1 Å². The molecule has 2 rings (SSSR count). The maximum atomic E-state index is 3.81. The molecule has 0 aliphatic heterocycles. The summed E-state index contributed by atoms with van der Waals surface area (Å²) in [5.74, 6) is 1.66. The van der Waals surface area contributed by atoms with Crippen LogP contribution in [0.15, 0.2) is 24.3 Å². The lowest BCUT2D eigenvalue weighted by Crippen LogP contribution is -2.40. The van der Waals surface area contributed by atoms with Crippen molar-refractivity contribution in [3.05, 3.63) is 35.4 Å². The molecule has 1 aromatic rings. The fourth-order valence-electron chi connectivity index (χ4n) is 3.34. The van der Waals surface area contributed by atoms with E-state index in [2.05, 4.69) is 62.4 Å². The molecule has 20 heavy (non-hydrogen) atoms. The van der Waals surface area contributed by atoms with E-state index >= 15 is 0 Å². The van der Waals surface area contributed by atoms with E-state index in [-0.39, 0.29) is 0 Å². The van der Waals surface area contributed by atoms with Gasteiger partial charge in [-0.15, -0.1) is 0 Å². The molecule has 0 saturated heterocycles. The third kappa shape index (κ3) is 4.07. The predicted octanol–water partition coefficient (Wildman–Crippen LogP) is 3.66. The summed E-state index contributed by atoms with van der Waals surface area (Å²) in [4.78, 5) is 2.24. The van der Waals surface area contributed by atoms with Gasteiger partial charge in [0.1, 0.15) is 0 Å². The first kappa shape index (κ1) is 15.5. The number of hydrogen-bond donors (Lipinski definition) is 1. The molecule has 2 heteroatoms. The highest BCUT2D eigenvalue weighted by atomic mass is 15.0. The van der Waals surface area contributed by atoms with Gasteiger partial charge in [-0.05, 0) is 43.5 Å². The van der Waals surface area contributed by atoms with E-state index in [1.54, 1.807) is 0 Å². The van der Waals surface area contributed by atoms with Crippen molar-refractivity contribution in [2.24, 2.45) is 11.8 Å². The molecule has 1 fully saturated rings. The smallest absolute Gasteiger partial charge is 0.0230 e. The highest BCUT2D eigenvalue weighted by Crippen LogP contribution is 2.29. The largest absolute Gasteiger partial charge is 0.310 e. The first-order valence-corrected chi connectivity index (χ1v) is 8.03. The maximum absolute atomic E-state index is 3.81. The molecule has 3 unspecified atom stereocenters. The zero-order valence-electron chi connectivity index (χ0n) is 13.5. The molecule has 0 heterocycles. The normalized spacial score (nSPS) is 26.9. The molecule has 1 saturated carbocycles. The van der Waals surface area contributed by atoms with E-state index in [0.717, 1.165) is 24.9 Å². The molecule has 0 spiro atoms. The van der Waals surface area contributed by atoms with Crippen LogP contribution in [0.2, 0.25) is 0 Å². The van der Waals surface area contributed by atoms with E-state index in [4.69, 9.17) is 0 Å². The summed E-state index contributed by atoms with van der Waals surface area (Å²) in [6, 6.07) is 9.51. The molecule has 0 bridgehead atoms. The highest BCUT2D eigenvalue weighted by Gasteiger charge is 2.26. The molecule has 1 aromatic carbocycles. The van der Waals surface area contributed by atoms with Gasteiger partial charge in [-0.2, -0.15) is 0 Å². The number of rotatable bonds is 5. The van der Waals surface area contributed by atoms with Crippen LogP contribution in [0.5, 0.6) is 0 Å². The van der Waals surface area contributed by atoms with Crippen LogP contribution in [0.25, 0.3) is 0 Å². The van der Waals surface area contributed by atoms with Gasteiger partial charge in [-0.1, -0.05) is 51.0 Å². The van der Waals surface area contributed by atoms with Gasteiger partial charge in [0.25, 0.3) is 0 Å². The fourth-order valence-corrected chi connectivity index (χ4v) is 3.34. The average molecular weight is 274 g/mol. The van der Waals surface area contributed by atoms with Gasteiger partial charge in [0.2, 0.25) is 0 Å². The molecule has 0 radical (unpaired) electrons. The van der Waals surface area contributed by atoms with E-state index in [9.17, 15) is 0 Å². The van der Waals surface area contributed by atoms with Gasteiger partial charge in [0.05, 0.1) is 0 Å². The third-order valence-corrected chi connectivity index (χ3v) is 4.87. The number of benzene rings is 1. The molecular formula is C18H30N2. The lowest BCUT2D eigenvalue weighted by molar-refractivity contribution is 0.205. The lowest BCUT2D eigenvalue weighted by atomic mass is 9.78. The molecule has 1 aliphatic carbocycles. The summed E-state index contributed by atoms with van der Waals surface area (Å²) in [5, 5.41) is 3.81. The Balaban J connectivity index is 1.96. The van der Waals surface area contributed by atoms with Crippen molar-refractivity contribution < 1.29 is 0 Å². The third-order valence-electron chi connectivity index (χ3n) is 4.87. The second kappa shape index (κ2) is 7.24. The standard InChI is InChI=1S/C18H30N2/c1-14-8-7-11-18(15(14)2)19-12-16-9-5-6-10-17(16)13-20(3)4/h5-6,9-10,14-15,18-19H,7-8,11-13H2,1-4H3. The second-order valence-electron chi connectivity index (χ2n) is 6.76. The maximum Gasteiger partial charge on any atom is 0.0230 e. The first-order valence-electron chi connectivity index (χ1n) is 8.03. The minimum Gasteiger partial charge on any atom is -0.310 e. The fraction of sp³-hybridized carbons (Fsp3) is 0.667. The van der Waals surface area contributed by atoms with E-state index in [0.29, 0.717) is 6.04 Å². The number of nitrogens with zero attached hydrogens (tertiary/aromatic N) is 1. The predicted molar refractivity (Wildman–Crippen MR) is 86.6 cm³/mol. The van der Waals surface area contributed by atoms with Crippen LogP contribution in [0.3, 0.4) is 0 Å². The van der Waals surface area contributed by atoms with Crippen LogP contribution in [0.4, 0.5) is 0 Å². The Hall–Kier alpha value is -0.860. The molecule has 0 aromatic heterocycles. The Morgan fingerprint density at radius 3 is 2.50 bits per heavy atom. The minimum absolute atomic E-state index is 0.686. The second-order valence-corrected chi connectivity index (χ2v) is 6.76. The van der Waals surface area contributed by atoms with Gasteiger partial charge in [-0.3, -0.25) is 0 Å². The zero-order chi connectivity index (χ0) is 14.5. The van der Waals surface area contributed by atoms with Crippen LogP contribution in [-0.4, -0.2) is 25.0 Å². The molecule has 0 amide bonds. The van der Waals surface area contributed by atoms with Crippen molar-refractivity contribution in [2.45, 2.75) is 52.2 Å². The van der Waals surface area contributed by atoms with Gasteiger partial charge in [-0.25, -0.2) is 0 Å². The summed E-state index contributed by atoms with van der Waals surface area (Å²) < 4.78 is 0. The van der Waals surface area contributed by atoms with Gasteiger partial charge in [0.15, 0.2) is 0 Å². The van der Waals surface area contributed by atoms with Crippen molar-refractivity contribution >= 4 is 0 Å². The summed E-state index contributed by atoms with van der Waals surface area (Å²) in [7, 11) is 4.27. The summed E-state index contributed by atoms with van der Waals surface area (Å²) in [6.07, 6.45) is 4.11. The average Bonchev–Trinajstić information content (AvgIpc) is 2.41. The molecular weight excluding hydrogens is 244 g/mol. The molecule has 112 valence electrons. The van der Waals surface area contributed by atoms with Crippen LogP contribution in [0.1, 0.15) is 44.2 Å². The van der Waals surface area contributed by atoms with Crippen molar-refractivity contribution in [3.63, 3.8) is 0 Å². The van der Waals surface area contributed by atoms with E-state index < -0.39 is 0 Å². The van der Waals surface area contributed by atoms with Crippen molar-refractivity contribution in [3.8, 4) is 0 Å². The Morgan fingerprint density at radius 2 is 1.80 bits per heavy atom. The van der Waals surface area contributed by atoms with Gasteiger partial charge >= 0.3 is 0 Å². The Bertz CT molecular complexity index is 414. The van der Waals surface area contributed by atoms with Crippen LogP contribution >= 0.6 is 0 Å². The van der Waals surface area contributed by atoms with E-state index in [1.165, 1.54) is 30.4 Å². The molecule has 3 atom stereocenters. The monoisotopic (exact) mass is 274 g/mol. The summed E-state index contributed by atoms with van der Waals surface area (Å²) in [5.41, 5.74) is 2.90. The number of hydrogen-bond acceptors (Lipinski definition) is 2. The molecule has 1 aliphatic rings. The van der Waals surface area contributed by atoms with Crippen molar-refractivity contribution in [1.29, 1.82) is 0 Å². The van der Waals surface area contributed by atoms with Crippen LogP contribution in [0, 0.1) is 11.8 Å². The Labute approximate surface area is 124 Å². The highest BCUT2D eigenvalue weighted by molar-refractivity contribution is 5.27. The van der Waals surface area contributed by atoms with Gasteiger partial charge in [0, 0.05) is 19.1 Å². The summed E-state index contributed by atoms with van der Waals surface area (Å²) >= 11 is 0.